The van der Waals surface area contributed by atoms with Crippen LogP contribution in [0, 0.1) is 6.92 Å². The minimum atomic E-state index is -0.128. The SMILES string of the molecule is Cc1ccc(C(=O)NCc2cc(-c3ccc(-c4ccccc4)cc3)on2)cc1. The van der Waals surface area contributed by atoms with Crippen molar-refractivity contribution < 1.29 is 9.32 Å². The highest BCUT2D eigenvalue weighted by Gasteiger charge is 2.10. The second-order valence-corrected chi connectivity index (χ2v) is 6.67. The van der Waals surface area contributed by atoms with Gasteiger partial charge >= 0.3 is 0 Å². The molecule has 0 saturated heterocycles. The molecule has 0 bridgehead atoms. The summed E-state index contributed by atoms with van der Waals surface area (Å²) < 4.78 is 5.45. The fraction of sp³-hybridized carbons (Fsp3) is 0.0833. The molecule has 3 aromatic carbocycles. The number of carbonyl (C=O) groups is 1. The zero-order valence-corrected chi connectivity index (χ0v) is 15.6. The Morgan fingerprint density at radius 3 is 2.21 bits per heavy atom. The smallest absolute Gasteiger partial charge is 0.251 e. The van der Waals surface area contributed by atoms with E-state index in [1.54, 1.807) is 0 Å². The van der Waals surface area contributed by atoms with E-state index in [4.69, 9.17) is 4.52 Å². The number of nitrogens with one attached hydrogen (secondary N) is 1. The van der Waals surface area contributed by atoms with Gasteiger partial charge in [-0.3, -0.25) is 4.79 Å². The van der Waals surface area contributed by atoms with Crippen LogP contribution in [-0.4, -0.2) is 11.1 Å². The van der Waals surface area contributed by atoms with E-state index < -0.39 is 0 Å². The molecule has 4 aromatic rings. The van der Waals surface area contributed by atoms with Gasteiger partial charge in [0.05, 0.1) is 6.54 Å². The van der Waals surface area contributed by atoms with Crippen LogP contribution in [0.25, 0.3) is 22.5 Å². The molecule has 1 amide bonds. The number of benzene rings is 3. The van der Waals surface area contributed by atoms with Gasteiger partial charge in [0.2, 0.25) is 0 Å². The van der Waals surface area contributed by atoms with Crippen molar-refractivity contribution in [2.45, 2.75) is 13.5 Å². The monoisotopic (exact) mass is 368 g/mol. The van der Waals surface area contributed by atoms with E-state index in [1.807, 2.05) is 67.6 Å². The Labute approximate surface area is 163 Å². The van der Waals surface area contributed by atoms with Crippen LogP contribution in [0.1, 0.15) is 21.6 Å². The summed E-state index contributed by atoms with van der Waals surface area (Å²) >= 11 is 0. The van der Waals surface area contributed by atoms with E-state index in [0.717, 1.165) is 16.7 Å². The molecule has 0 aliphatic heterocycles. The van der Waals surface area contributed by atoms with Crippen molar-refractivity contribution in [3.8, 4) is 22.5 Å². The van der Waals surface area contributed by atoms with Gasteiger partial charge in [-0.15, -0.1) is 0 Å². The number of rotatable bonds is 5. The van der Waals surface area contributed by atoms with Crippen molar-refractivity contribution in [3.05, 3.63) is 102 Å². The maximum atomic E-state index is 12.2. The number of amides is 1. The molecule has 0 spiro atoms. The van der Waals surface area contributed by atoms with Crippen LogP contribution in [0.4, 0.5) is 0 Å². The number of nitrogens with zero attached hydrogens (tertiary/aromatic N) is 1. The topological polar surface area (TPSA) is 55.1 Å². The van der Waals surface area contributed by atoms with E-state index in [-0.39, 0.29) is 5.91 Å². The van der Waals surface area contributed by atoms with Gasteiger partial charge in [-0.25, -0.2) is 0 Å². The lowest BCUT2D eigenvalue weighted by Gasteiger charge is -2.03. The summed E-state index contributed by atoms with van der Waals surface area (Å²) in [5.74, 6) is 0.552. The molecule has 4 rings (SSSR count). The predicted octanol–water partition coefficient (Wildman–Crippen LogP) is 5.25. The largest absolute Gasteiger partial charge is 0.356 e. The third-order valence-corrected chi connectivity index (χ3v) is 4.58. The zero-order valence-electron chi connectivity index (χ0n) is 15.6. The van der Waals surface area contributed by atoms with Crippen molar-refractivity contribution in [2.75, 3.05) is 0 Å². The molecule has 1 aromatic heterocycles. The van der Waals surface area contributed by atoms with Crippen molar-refractivity contribution in [1.29, 1.82) is 0 Å². The van der Waals surface area contributed by atoms with Gasteiger partial charge in [0, 0.05) is 17.2 Å². The highest BCUT2D eigenvalue weighted by molar-refractivity contribution is 5.94. The standard InChI is InChI=1S/C24H20N2O2/c1-17-7-9-21(10-8-17)24(27)25-16-22-15-23(28-26-22)20-13-11-19(12-14-20)18-5-3-2-4-6-18/h2-15H,16H2,1H3,(H,25,27). The number of carbonyl (C=O) groups excluding carboxylic acids is 1. The first-order chi connectivity index (χ1) is 13.7. The van der Waals surface area contributed by atoms with Crippen molar-refractivity contribution in [3.63, 3.8) is 0 Å². The minimum Gasteiger partial charge on any atom is -0.356 e. The van der Waals surface area contributed by atoms with Crippen molar-refractivity contribution in [1.82, 2.24) is 10.5 Å². The van der Waals surface area contributed by atoms with Gasteiger partial charge < -0.3 is 9.84 Å². The van der Waals surface area contributed by atoms with Crippen LogP contribution in [0.2, 0.25) is 0 Å². The Bertz CT molecular complexity index is 1070. The second-order valence-electron chi connectivity index (χ2n) is 6.67. The van der Waals surface area contributed by atoms with Crippen molar-refractivity contribution >= 4 is 5.91 Å². The fourth-order valence-corrected chi connectivity index (χ4v) is 2.97. The molecule has 0 saturated carbocycles. The zero-order chi connectivity index (χ0) is 19.3. The van der Waals surface area contributed by atoms with Gasteiger partial charge in [0.1, 0.15) is 5.69 Å². The maximum Gasteiger partial charge on any atom is 0.251 e. The molecule has 28 heavy (non-hydrogen) atoms. The first-order valence-electron chi connectivity index (χ1n) is 9.15. The summed E-state index contributed by atoms with van der Waals surface area (Å²) in [6.07, 6.45) is 0. The van der Waals surface area contributed by atoms with E-state index in [2.05, 4.69) is 34.7 Å². The molecule has 4 nitrogen and oxygen atoms in total. The van der Waals surface area contributed by atoms with E-state index in [9.17, 15) is 4.79 Å². The molecule has 4 heteroatoms. The molecule has 0 fully saturated rings. The van der Waals surface area contributed by atoms with Crippen LogP contribution >= 0.6 is 0 Å². The number of hydrogen-bond acceptors (Lipinski definition) is 3. The first-order valence-corrected chi connectivity index (χ1v) is 9.15. The highest BCUT2D eigenvalue weighted by atomic mass is 16.5. The third kappa shape index (κ3) is 4.01. The van der Waals surface area contributed by atoms with Crippen LogP contribution in [0.5, 0.6) is 0 Å². The van der Waals surface area contributed by atoms with E-state index >= 15 is 0 Å². The number of hydrogen-bond donors (Lipinski definition) is 1. The van der Waals surface area contributed by atoms with Crippen LogP contribution in [-0.2, 0) is 6.54 Å². The molecular formula is C24H20N2O2. The van der Waals surface area contributed by atoms with Crippen LogP contribution in [0.3, 0.4) is 0 Å². The molecule has 0 atom stereocenters. The first kappa shape index (κ1) is 17.7. The van der Waals surface area contributed by atoms with Gasteiger partial charge in [-0.2, -0.15) is 0 Å². The maximum absolute atomic E-state index is 12.2. The molecular weight excluding hydrogens is 348 g/mol. The lowest BCUT2D eigenvalue weighted by atomic mass is 10.0. The van der Waals surface area contributed by atoms with Gasteiger partial charge in [-0.1, -0.05) is 77.5 Å². The van der Waals surface area contributed by atoms with E-state index in [0.29, 0.717) is 23.6 Å². The molecule has 1 N–H and O–H groups in total. The highest BCUT2D eigenvalue weighted by Crippen LogP contribution is 2.25. The van der Waals surface area contributed by atoms with Gasteiger partial charge in [0.25, 0.3) is 5.91 Å². The van der Waals surface area contributed by atoms with Crippen LogP contribution < -0.4 is 5.32 Å². The fourth-order valence-electron chi connectivity index (χ4n) is 2.97. The molecule has 138 valence electrons. The van der Waals surface area contributed by atoms with Crippen molar-refractivity contribution in [2.24, 2.45) is 0 Å². The van der Waals surface area contributed by atoms with Gasteiger partial charge in [-0.05, 0) is 30.2 Å². The summed E-state index contributed by atoms with van der Waals surface area (Å²) in [6, 6.07) is 27.7. The Balaban J connectivity index is 1.41. The Hall–Kier alpha value is -3.66. The quantitative estimate of drug-likeness (QED) is 0.524. The molecule has 1 heterocycles. The Kier molecular flexibility index (Phi) is 5.02. The number of aromatic nitrogens is 1. The molecule has 0 aliphatic rings. The molecule has 0 aliphatic carbocycles. The summed E-state index contributed by atoms with van der Waals surface area (Å²) in [6.45, 7) is 2.31. The normalized spacial score (nSPS) is 10.6. The minimum absolute atomic E-state index is 0.128. The second kappa shape index (κ2) is 7.92. The molecule has 0 radical (unpaired) electrons. The Morgan fingerprint density at radius 2 is 1.50 bits per heavy atom. The van der Waals surface area contributed by atoms with Crippen LogP contribution in [0.15, 0.2) is 89.5 Å². The third-order valence-electron chi connectivity index (χ3n) is 4.58. The number of aryl methyl sites for hydroxylation is 1. The average Bonchev–Trinajstić information content (AvgIpc) is 3.22. The van der Waals surface area contributed by atoms with E-state index in [1.165, 1.54) is 5.56 Å². The lowest BCUT2D eigenvalue weighted by molar-refractivity contribution is 0.0950. The predicted molar refractivity (Wildman–Crippen MR) is 110 cm³/mol. The summed E-state index contributed by atoms with van der Waals surface area (Å²) in [4.78, 5) is 12.2. The summed E-state index contributed by atoms with van der Waals surface area (Å²) in [5, 5.41) is 6.93. The average molecular weight is 368 g/mol. The summed E-state index contributed by atoms with van der Waals surface area (Å²) in [5.41, 5.74) is 5.70. The Morgan fingerprint density at radius 1 is 0.857 bits per heavy atom. The molecule has 0 unspecified atom stereocenters. The van der Waals surface area contributed by atoms with Gasteiger partial charge in [0.15, 0.2) is 5.76 Å². The summed E-state index contributed by atoms with van der Waals surface area (Å²) in [7, 11) is 0. The lowest BCUT2D eigenvalue weighted by Crippen LogP contribution is -2.22.